The van der Waals surface area contributed by atoms with Crippen LogP contribution in [0, 0.1) is 5.92 Å². The van der Waals surface area contributed by atoms with Crippen molar-refractivity contribution in [1.82, 2.24) is 15.1 Å². The number of likely N-dealkylation sites (N-methyl/N-ethyl adjacent to an activating group) is 1. The lowest BCUT2D eigenvalue weighted by Gasteiger charge is -2.45. The van der Waals surface area contributed by atoms with Crippen LogP contribution in [0.25, 0.3) is 0 Å². The van der Waals surface area contributed by atoms with Crippen molar-refractivity contribution in [1.29, 1.82) is 0 Å². The van der Waals surface area contributed by atoms with Gasteiger partial charge in [-0.3, -0.25) is 9.59 Å². The van der Waals surface area contributed by atoms with Crippen LogP contribution in [-0.2, 0) is 16.0 Å². The molecule has 5 nitrogen and oxygen atoms in total. The van der Waals surface area contributed by atoms with E-state index in [1.807, 2.05) is 50.1 Å². The predicted octanol–water partition coefficient (Wildman–Crippen LogP) is 4.28. The molecular weight excluding hydrogens is 410 g/mol. The van der Waals surface area contributed by atoms with Gasteiger partial charge in [0.05, 0.1) is 6.04 Å². The van der Waals surface area contributed by atoms with Gasteiger partial charge in [0.15, 0.2) is 0 Å². The predicted molar refractivity (Wildman–Crippen MR) is 126 cm³/mol. The number of likely N-dealkylation sites (tertiary alicyclic amines) is 1. The number of carbonyl (C=O) groups is 2. The SMILES string of the molecule is CNC(Cc1ccc(Cl)cc1)C(=O)N1CCC(N(C(=O)C(C)C)C2CCCCC2)CC1. The second kappa shape index (κ2) is 11.3. The van der Waals surface area contributed by atoms with E-state index in [1.54, 1.807) is 0 Å². The first-order valence-corrected chi connectivity index (χ1v) is 12.3. The molecule has 3 rings (SSSR count). The normalized spacial score (nSPS) is 19.5. The van der Waals surface area contributed by atoms with Crippen LogP contribution in [-0.4, -0.2) is 59.9 Å². The molecule has 1 aromatic rings. The lowest BCUT2D eigenvalue weighted by molar-refractivity contribution is -0.143. The van der Waals surface area contributed by atoms with E-state index in [9.17, 15) is 9.59 Å². The Morgan fingerprint density at radius 2 is 1.61 bits per heavy atom. The number of halogens is 1. The van der Waals surface area contributed by atoms with Gasteiger partial charge in [0.2, 0.25) is 11.8 Å². The Morgan fingerprint density at radius 1 is 1.03 bits per heavy atom. The summed E-state index contributed by atoms with van der Waals surface area (Å²) in [6, 6.07) is 8.08. The maximum atomic E-state index is 13.2. The average Bonchev–Trinajstić information content (AvgIpc) is 2.79. The largest absolute Gasteiger partial charge is 0.341 e. The molecule has 6 heteroatoms. The monoisotopic (exact) mass is 447 g/mol. The zero-order chi connectivity index (χ0) is 22.4. The second-order valence-corrected chi connectivity index (χ2v) is 9.86. The minimum absolute atomic E-state index is 0.0228. The van der Waals surface area contributed by atoms with Crippen LogP contribution in [0.4, 0.5) is 0 Å². The molecule has 1 aliphatic carbocycles. The first-order chi connectivity index (χ1) is 14.9. The van der Waals surface area contributed by atoms with Gasteiger partial charge in [0.1, 0.15) is 0 Å². The van der Waals surface area contributed by atoms with Crippen molar-refractivity contribution in [3.05, 3.63) is 34.9 Å². The minimum atomic E-state index is -0.246. The van der Waals surface area contributed by atoms with Gasteiger partial charge in [-0.15, -0.1) is 0 Å². The second-order valence-electron chi connectivity index (χ2n) is 9.42. The van der Waals surface area contributed by atoms with Crippen LogP contribution < -0.4 is 5.32 Å². The van der Waals surface area contributed by atoms with Crippen LogP contribution in [0.15, 0.2) is 24.3 Å². The zero-order valence-corrected chi connectivity index (χ0v) is 20.0. The average molecular weight is 448 g/mol. The fourth-order valence-corrected chi connectivity index (χ4v) is 5.20. The van der Waals surface area contributed by atoms with E-state index >= 15 is 0 Å². The number of piperidine rings is 1. The Hall–Kier alpha value is -1.59. The number of hydrogen-bond donors (Lipinski definition) is 1. The molecular formula is C25H38ClN3O2. The minimum Gasteiger partial charge on any atom is -0.341 e. The third-order valence-corrected chi connectivity index (χ3v) is 7.14. The number of benzene rings is 1. The molecule has 1 unspecified atom stereocenters. The zero-order valence-electron chi connectivity index (χ0n) is 19.3. The number of carbonyl (C=O) groups excluding carboxylic acids is 2. The summed E-state index contributed by atoms with van der Waals surface area (Å²) in [5, 5.41) is 3.90. The first-order valence-electron chi connectivity index (χ1n) is 11.9. The van der Waals surface area contributed by atoms with E-state index < -0.39 is 0 Å². The highest BCUT2D eigenvalue weighted by atomic mass is 35.5. The maximum Gasteiger partial charge on any atom is 0.240 e. The Bertz CT molecular complexity index is 723. The number of hydrogen-bond acceptors (Lipinski definition) is 3. The van der Waals surface area contributed by atoms with Gasteiger partial charge in [-0.05, 0) is 56.8 Å². The molecule has 2 aliphatic rings. The molecule has 1 saturated carbocycles. The van der Waals surface area contributed by atoms with Gasteiger partial charge < -0.3 is 15.1 Å². The third-order valence-electron chi connectivity index (χ3n) is 6.89. The van der Waals surface area contributed by atoms with Crippen molar-refractivity contribution in [3.8, 4) is 0 Å². The molecule has 2 amide bonds. The van der Waals surface area contributed by atoms with Crippen LogP contribution in [0.1, 0.15) is 64.4 Å². The highest BCUT2D eigenvalue weighted by molar-refractivity contribution is 6.30. The van der Waals surface area contributed by atoms with Gasteiger partial charge in [0, 0.05) is 36.1 Å². The molecule has 31 heavy (non-hydrogen) atoms. The highest BCUT2D eigenvalue weighted by Crippen LogP contribution is 2.29. The lowest BCUT2D eigenvalue weighted by atomic mass is 9.90. The van der Waals surface area contributed by atoms with E-state index in [4.69, 9.17) is 11.6 Å². The summed E-state index contributed by atoms with van der Waals surface area (Å²) >= 11 is 5.98. The Kier molecular flexibility index (Phi) is 8.79. The smallest absolute Gasteiger partial charge is 0.240 e. The quantitative estimate of drug-likeness (QED) is 0.678. The summed E-state index contributed by atoms with van der Waals surface area (Å²) in [6.07, 6.45) is 8.37. The molecule has 1 aromatic carbocycles. The lowest BCUT2D eigenvalue weighted by Crippen LogP contribution is -2.56. The Balaban J connectivity index is 1.61. The van der Waals surface area contributed by atoms with Crippen molar-refractivity contribution >= 4 is 23.4 Å². The van der Waals surface area contributed by atoms with Crippen molar-refractivity contribution in [2.24, 2.45) is 5.92 Å². The summed E-state index contributed by atoms with van der Waals surface area (Å²) in [4.78, 5) is 30.4. The molecule has 172 valence electrons. The molecule has 1 aliphatic heterocycles. The molecule has 0 spiro atoms. The molecule has 0 radical (unpaired) electrons. The van der Waals surface area contributed by atoms with Crippen molar-refractivity contribution in [3.63, 3.8) is 0 Å². The molecule has 1 heterocycles. The fraction of sp³-hybridized carbons (Fsp3) is 0.680. The molecule has 1 saturated heterocycles. The summed E-state index contributed by atoms with van der Waals surface area (Å²) in [5.74, 6) is 0.456. The van der Waals surface area contributed by atoms with Gasteiger partial charge in [-0.2, -0.15) is 0 Å². The molecule has 0 aromatic heterocycles. The molecule has 2 fully saturated rings. The van der Waals surface area contributed by atoms with E-state index in [0.717, 1.165) is 44.3 Å². The summed E-state index contributed by atoms with van der Waals surface area (Å²) < 4.78 is 0. The summed E-state index contributed by atoms with van der Waals surface area (Å²) in [5.41, 5.74) is 1.10. The molecule has 1 N–H and O–H groups in total. The number of nitrogens with one attached hydrogen (secondary N) is 1. The van der Waals surface area contributed by atoms with E-state index in [-0.39, 0.29) is 29.8 Å². The number of rotatable bonds is 7. The molecule has 1 atom stereocenters. The van der Waals surface area contributed by atoms with E-state index in [2.05, 4.69) is 10.2 Å². The van der Waals surface area contributed by atoms with Gasteiger partial charge in [-0.1, -0.05) is 56.8 Å². The standard InChI is InChI=1S/C25H38ClN3O2/c1-18(2)24(30)29(21-7-5-4-6-8-21)22-13-15-28(16-14-22)25(31)23(27-3)17-19-9-11-20(26)12-10-19/h9-12,18,21-23,27H,4-8,13-17H2,1-3H3. The van der Waals surface area contributed by atoms with Gasteiger partial charge in [-0.25, -0.2) is 0 Å². The summed E-state index contributed by atoms with van der Waals surface area (Å²) in [7, 11) is 1.84. The highest BCUT2D eigenvalue weighted by Gasteiger charge is 2.36. The van der Waals surface area contributed by atoms with Crippen LogP contribution in [0.3, 0.4) is 0 Å². The van der Waals surface area contributed by atoms with Crippen LogP contribution in [0.2, 0.25) is 5.02 Å². The van der Waals surface area contributed by atoms with Crippen LogP contribution in [0.5, 0.6) is 0 Å². The van der Waals surface area contributed by atoms with Crippen molar-refractivity contribution in [2.75, 3.05) is 20.1 Å². The third kappa shape index (κ3) is 6.23. The number of amides is 2. The van der Waals surface area contributed by atoms with Gasteiger partial charge in [0.25, 0.3) is 0 Å². The van der Waals surface area contributed by atoms with Crippen molar-refractivity contribution < 1.29 is 9.59 Å². The van der Waals surface area contributed by atoms with Crippen LogP contribution >= 0.6 is 11.6 Å². The molecule has 0 bridgehead atoms. The Labute approximate surface area is 192 Å². The summed E-state index contributed by atoms with van der Waals surface area (Å²) in [6.45, 7) is 5.45. The fourth-order valence-electron chi connectivity index (χ4n) is 5.07. The van der Waals surface area contributed by atoms with E-state index in [1.165, 1.54) is 19.3 Å². The van der Waals surface area contributed by atoms with Crippen molar-refractivity contribution in [2.45, 2.75) is 83.3 Å². The topological polar surface area (TPSA) is 52.7 Å². The van der Waals surface area contributed by atoms with E-state index in [0.29, 0.717) is 17.5 Å². The maximum absolute atomic E-state index is 13.2. The van der Waals surface area contributed by atoms with Gasteiger partial charge >= 0.3 is 0 Å². The Morgan fingerprint density at radius 3 is 2.16 bits per heavy atom. The number of nitrogens with zero attached hydrogens (tertiary/aromatic N) is 2. The first kappa shape index (κ1) is 24.1.